The summed E-state index contributed by atoms with van der Waals surface area (Å²) < 4.78 is 17.7. The molecule has 1 rings (SSSR count). The molecule has 1 atom stereocenters. The third kappa shape index (κ3) is 3.08. The van der Waals surface area contributed by atoms with E-state index in [0.717, 1.165) is 10.9 Å². The predicted molar refractivity (Wildman–Crippen MR) is 54.8 cm³/mol. The van der Waals surface area contributed by atoms with Crippen LogP contribution in [-0.4, -0.2) is 19.0 Å². The fourth-order valence-electron chi connectivity index (χ4n) is 1.17. The molecular weight excluding hydrogens is 235 g/mol. The van der Waals surface area contributed by atoms with Crippen molar-refractivity contribution >= 4 is 15.9 Å². The lowest BCUT2D eigenvalue weighted by molar-refractivity contribution is 0.185. The Morgan fingerprint density at radius 3 is 2.46 bits per heavy atom. The Labute approximate surface area is 86.0 Å². The Kier molecular flexibility index (Phi) is 4.39. The van der Waals surface area contributed by atoms with Gasteiger partial charge in [-0.25, -0.2) is 4.39 Å². The van der Waals surface area contributed by atoms with Crippen LogP contribution in [0.3, 0.4) is 0 Å². The summed E-state index contributed by atoms with van der Waals surface area (Å²) in [6.07, 6.45) is 0. The average Bonchev–Trinajstić information content (AvgIpc) is 2.16. The van der Waals surface area contributed by atoms with Gasteiger partial charge in [-0.1, -0.05) is 28.1 Å². The minimum Gasteiger partial charge on any atom is -0.384 e. The van der Waals surface area contributed by atoms with Gasteiger partial charge < -0.3 is 4.74 Å². The van der Waals surface area contributed by atoms with Gasteiger partial charge in [-0.15, -0.1) is 0 Å². The standard InChI is InChI=1S/C10H12BrFO/c1-13-7-9(6-11)8-2-4-10(12)5-3-8/h2-5,9H,6-7H2,1H3. The van der Waals surface area contributed by atoms with Crippen molar-refractivity contribution in [2.75, 3.05) is 19.0 Å². The van der Waals surface area contributed by atoms with Crippen LogP contribution in [0.25, 0.3) is 0 Å². The maximum atomic E-state index is 12.6. The molecule has 0 amide bonds. The molecule has 0 N–H and O–H groups in total. The molecule has 0 aromatic heterocycles. The molecule has 3 heteroatoms. The molecule has 1 nitrogen and oxygen atoms in total. The molecular formula is C10H12BrFO. The topological polar surface area (TPSA) is 9.23 Å². The van der Waals surface area contributed by atoms with E-state index in [4.69, 9.17) is 4.74 Å². The zero-order valence-corrected chi connectivity index (χ0v) is 9.05. The van der Waals surface area contributed by atoms with Gasteiger partial charge in [0.15, 0.2) is 0 Å². The van der Waals surface area contributed by atoms with Crippen molar-refractivity contribution in [3.8, 4) is 0 Å². The van der Waals surface area contributed by atoms with Crippen LogP contribution >= 0.6 is 15.9 Å². The molecule has 1 unspecified atom stereocenters. The lowest BCUT2D eigenvalue weighted by Crippen LogP contribution is -2.07. The predicted octanol–water partition coefficient (Wildman–Crippen LogP) is 2.95. The first kappa shape index (κ1) is 10.7. The molecule has 0 spiro atoms. The second kappa shape index (κ2) is 5.35. The van der Waals surface area contributed by atoms with Crippen LogP contribution in [0.4, 0.5) is 4.39 Å². The molecule has 72 valence electrons. The lowest BCUT2D eigenvalue weighted by atomic mass is 10.0. The van der Waals surface area contributed by atoms with Crippen molar-refractivity contribution in [2.45, 2.75) is 5.92 Å². The highest BCUT2D eigenvalue weighted by atomic mass is 79.9. The number of benzene rings is 1. The highest BCUT2D eigenvalue weighted by Crippen LogP contribution is 2.18. The molecule has 0 radical (unpaired) electrons. The van der Waals surface area contributed by atoms with Crippen molar-refractivity contribution in [3.63, 3.8) is 0 Å². The van der Waals surface area contributed by atoms with Gasteiger partial charge in [0, 0.05) is 18.4 Å². The summed E-state index contributed by atoms with van der Waals surface area (Å²) in [6, 6.07) is 6.53. The number of alkyl halides is 1. The van der Waals surface area contributed by atoms with Crippen molar-refractivity contribution in [3.05, 3.63) is 35.6 Å². The van der Waals surface area contributed by atoms with E-state index in [0.29, 0.717) is 12.5 Å². The van der Waals surface area contributed by atoms with Crippen molar-refractivity contribution in [1.29, 1.82) is 0 Å². The minimum atomic E-state index is -0.200. The second-order valence-electron chi connectivity index (χ2n) is 2.86. The van der Waals surface area contributed by atoms with Crippen LogP contribution < -0.4 is 0 Å². The monoisotopic (exact) mass is 246 g/mol. The van der Waals surface area contributed by atoms with Crippen LogP contribution in [0.15, 0.2) is 24.3 Å². The van der Waals surface area contributed by atoms with Crippen LogP contribution in [0, 0.1) is 5.82 Å². The van der Waals surface area contributed by atoms with Crippen LogP contribution in [0.2, 0.25) is 0 Å². The summed E-state index contributed by atoms with van der Waals surface area (Å²) in [5.74, 6) is 0.0973. The van der Waals surface area contributed by atoms with Crippen LogP contribution in [-0.2, 0) is 4.74 Å². The first-order valence-corrected chi connectivity index (χ1v) is 5.20. The number of rotatable bonds is 4. The first-order chi connectivity index (χ1) is 6.27. The fourth-order valence-corrected chi connectivity index (χ4v) is 1.73. The molecule has 13 heavy (non-hydrogen) atoms. The molecule has 0 aliphatic carbocycles. The maximum absolute atomic E-state index is 12.6. The summed E-state index contributed by atoms with van der Waals surface area (Å²) in [5, 5.41) is 0.826. The maximum Gasteiger partial charge on any atom is 0.123 e. The normalized spacial score (nSPS) is 12.8. The third-order valence-electron chi connectivity index (χ3n) is 1.90. The highest BCUT2D eigenvalue weighted by molar-refractivity contribution is 9.09. The smallest absolute Gasteiger partial charge is 0.123 e. The Morgan fingerprint density at radius 2 is 2.00 bits per heavy atom. The number of methoxy groups -OCH3 is 1. The van der Waals surface area contributed by atoms with E-state index in [9.17, 15) is 4.39 Å². The summed E-state index contributed by atoms with van der Waals surface area (Å²) in [4.78, 5) is 0. The van der Waals surface area contributed by atoms with Crippen LogP contribution in [0.1, 0.15) is 11.5 Å². The molecule has 0 heterocycles. The van der Waals surface area contributed by atoms with Gasteiger partial charge in [0.05, 0.1) is 6.61 Å². The van der Waals surface area contributed by atoms with Gasteiger partial charge in [-0.3, -0.25) is 0 Å². The largest absolute Gasteiger partial charge is 0.384 e. The number of ether oxygens (including phenoxy) is 1. The average molecular weight is 247 g/mol. The SMILES string of the molecule is COCC(CBr)c1ccc(F)cc1. The fraction of sp³-hybridized carbons (Fsp3) is 0.400. The summed E-state index contributed by atoms with van der Waals surface area (Å²) in [6.45, 7) is 0.650. The summed E-state index contributed by atoms with van der Waals surface area (Å²) in [5.41, 5.74) is 1.10. The first-order valence-electron chi connectivity index (χ1n) is 4.08. The van der Waals surface area contributed by atoms with Crippen molar-refractivity contribution < 1.29 is 9.13 Å². The summed E-state index contributed by atoms with van der Waals surface area (Å²) in [7, 11) is 1.67. The molecule has 0 bridgehead atoms. The third-order valence-corrected chi connectivity index (χ3v) is 2.68. The van der Waals surface area contributed by atoms with E-state index in [2.05, 4.69) is 15.9 Å². The zero-order valence-electron chi connectivity index (χ0n) is 7.47. The van der Waals surface area contributed by atoms with Gasteiger partial charge >= 0.3 is 0 Å². The second-order valence-corrected chi connectivity index (χ2v) is 3.51. The van der Waals surface area contributed by atoms with Gasteiger partial charge in [-0.2, -0.15) is 0 Å². The van der Waals surface area contributed by atoms with Crippen LogP contribution in [0.5, 0.6) is 0 Å². The molecule has 0 saturated heterocycles. The molecule has 0 fully saturated rings. The van der Waals surface area contributed by atoms with Gasteiger partial charge in [0.25, 0.3) is 0 Å². The lowest BCUT2D eigenvalue weighted by Gasteiger charge is -2.12. The summed E-state index contributed by atoms with van der Waals surface area (Å²) >= 11 is 3.40. The van der Waals surface area contributed by atoms with Crippen molar-refractivity contribution in [2.24, 2.45) is 0 Å². The van der Waals surface area contributed by atoms with E-state index < -0.39 is 0 Å². The van der Waals surface area contributed by atoms with E-state index >= 15 is 0 Å². The molecule has 1 aromatic rings. The minimum absolute atomic E-state index is 0.200. The molecule has 1 aromatic carbocycles. The van der Waals surface area contributed by atoms with E-state index in [-0.39, 0.29) is 5.82 Å². The molecule has 0 saturated carbocycles. The van der Waals surface area contributed by atoms with E-state index in [1.807, 2.05) is 0 Å². The Balaban J connectivity index is 2.73. The van der Waals surface area contributed by atoms with Gasteiger partial charge in [0.1, 0.15) is 5.82 Å². The number of hydrogen-bond acceptors (Lipinski definition) is 1. The van der Waals surface area contributed by atoms with Gasteiger partial charge in [-0.05, 0) is 17.7 Å². The quantitative estimate of drug-likeness (QED) is 0.743. The molecule has 0 aliphatic heterocycles. The highest BCUT2D eigenvalue weighted by Gasteiger charge is 2.09. The van der Waals surface area contributed by atoms with E-state index in [1.165, 1.54) is 12.1 Å². The number of halogens is 2. The Bertz CT molecular complexity index is 248. The van der Waals surface area contributed by atoms with Crippen molar-refractivity contribution in [1.82, 2.24) is 0 Å². The Morgan fingerprint density at radius 1 is 1.38 bits per heavy atom. The Hall–Kier alpha value is -0.410. The zero-order chi connectivity index (χ0) is 9.68. The molecule has 0 aliphatic rings. The van der Waals surface area contributed by atoms with Gasteiger partial charge in [0.2, 0.25) is 0 Å². The number of hydrogen-bond donors (Lipinski definition) is 0. The van der Waals surface area contributed by atoms with E-state index in [1.54, 1.807) is 19.2 Å².